The minimum atomic E-state index is -0.204. The molecule has 1 aromatic carbocycles. The predicted octanol–water partition coefficient (Wildman–Crippen LogP) is 3.01. The van der Waals surface area contributed by atoms with Crippen LogP contribution in [0, 0.1) is 11.3 Å². The van der Waals surface area contributed by atoms with Gasteiger partial charge in [0.25, 0.3) is 5.91 Å². The minimum Gasteiger partial charge on any atom is -0.321 e. The van der Waals surface area contributed by atoms with Crippen molar-refractivity contribution in [2.75, 3.05) is 6.54 Å². The number of nitrogens with zero attached hydrogens (tertiary/aromatic N) is 3. The quantitative estimate of drug-likeness (QED) is 0.810. The molecule has 0 aliphatic rings. The Morgan fingerprint density at radius 2 is 2.05 bits per heavy atom. The monoisotopic (exact) mass is 329 g/mol. The molecule has 0 spiro atoms. The number of hydrogen-bond acceptors (Lipinski definition) is 3. The maximum atomic E-state index is 12.4. The van der Waals surface area contributed by atoms with Crippen molar-refractivity contribution in [1.29, 1.82) is 5.26 Å². The molecule has 4 nitrogen and oxygen atoms in total. The van der Waals surface area contributed by atoms with Crippen LogP contribution in [0.1, 0.15) is 15.9 Å². The zero-order valence-corrected chi connectivity index (χ0v) is 12.2. The number of benzene rings is 1. The summed E-state index contributed by atoms with van der Waals surface area (Å²) in [5.74, 6) is -0.204. The van der Waals surface area contributed by atoms with Crippen molar-refractivity contribution in [3.8, 4) is 6.07 Å². The third kappa shape index (κ3) is 3.65. The predicted molar refractivity (Wildman–Crippen MR) is 78.7 cm³/mol. The summed E-state index contributed by atoms with van der Waals surface area (Å²) in [4.78, 5) is 17.9. The highest BCUT2D eigenvalue weighted by Gasteiger charge is 2.16. The molecule has 0 aliphatic carbocycles. The van der Waals surface area contributed by atoms with Crippen LogP contribution in [0.5, 0.6) is 0 Å². The number of carbonyl (C=O) groups excluding carboxylic acids is 1. The first-order valence-electron chi connectivity index (χ1n) is 6.01. The Balaban J connectivity index is 2.20. The number of rotatable bonds is 4. The first-order valence-corrected chi connectivity index (χ1v) is 6.80. The van der Waals surface area contributed by atoms with Crippen LogP contribution in [0.15, 0.2) is 53.3 Å². The zero-order valence-electron chi connectivity index (χ0n) is 10.7. The van der Waals surface area contributed by atoms with Gasteiger partial charge in [0.1, 0.15) is 6.54 Å². The molecule has 0 unspecified atom stereocenters. The van der Waals surface area contributed by atoms with Gasteiger partial charge in [0.15, 0.2) is 0 Å². The summed E-state index contributed by atoms with van der Waals surface area (Å²) >= 11 is 3.29. The molecule has 0 aliphatic heterocycles. The van der Waals surface area contributed by atoms with Gasteiger partial charge in [-0.15, -0.1) is 0 Å². The molecule has 5 heteroatoms. The Morgan fingerprint density at radius 3 is 2.70 bits per heavy atom. The number of hydrogen-bond donors (Lipinski definition) is 0. The van der Waals surface area contributed by atoms with Gasteiger partial charge in [-0.1, -0.05) is 30.3 Å². The van der Waals surface area contributed by atoms with Crippen molar-refractivity contribution in [3.05, 3.63) is 64.4 Å². The second-order valence-corrected chi connectivity index (χ2v) is 5.11. The smallest absolute Gasteiger partial charge is 0.256 e. The molecular weight excluding hydrogens is 318 g/mol. The minimum absolute atomic E-state index is 0.0419. The number of aromatic nitrogens is 1. The van der Waals surface area contributed by atoms with Crippen LogP contribution in [-0.4, -0.2) is 22.3 Å². The molecule has 100 valence electrons. The van der Waals surface area contributed by atoms with Crippen molar-refractivity contribution in [3.63, 3.8) is 0 Å². The Kier molecular flexibility index (Phi) is 4.85. The summed E-state index contributed by atoms with van der Waals surface area (Å²) in [6, 6.07) is 13.3. The summed E-state index contributed by atoms with van der Waals surface area (Å²) in [5, 5.41) is 8.90. The van der Waals surface area contributed by atoms with Crippen LogP contribution in [0.25, 0.3) is 0 Å². The third-order valence-electron chi connectivity index (χ3n) is 2.72. The summed E-state index contributed by atoms with van der Waals surface area (Å²) < 4.78 is 0.736. The fourth-order valence-electron chi connectivity index (χ4n) is 1.80. The molecule has 0 bridgehead atoms. The lowest BCUT2D eigenvalue weighted by atomic mass is 10.2. The van der Waals surface area contributed by atoms with Gasteiger partial charge in [-0.2, -0.15) is 5.26 Å². The van der Waals surface area contributed by atoms with Crippen LogP contribution in [-0.2, 0) is 6.54 Å². The van der Waals surface area contributed by atoms with Crippen molar-refractivity contribution >= 4 is 21.8 Å². The fraction of sp³-hybridized carbons (Fsp3) is 0.133. The van der Waals surface area contributed by atoms with Crippen LogP contribution in [0.4, 0.5) is 0 Å². The standard InChI is InChI=1S/C15H12BrN3O/c16-14-8-13(9-18-10-14)15(20)19(7-6-17)11-12-4-2-1-3-5-12/h1-5,8-10H,7,11H2. The van der Waals surface area contributed by atoms with Crippen LogP contribution in [0.2, 0.25) is 0 Å². The molecular formula is C15H12BrN3O. The van der Waals surface area contributed by atoms with Crippen molar-refractivity contribution in [2.24, 2.45) is 0 Å². The van der Waals surface area contributed by atoms with E-state index in [1.165, 1.54) is 11.1 Å². The van der Waals surface area contributed by atoms with E-state index in [4.69, 9.17) is 5.26 Å². The van der Waals surface area contributed by atoms with Gasteiger partial charge in [0.2, 0.25) is 0 Å². The lowest BCUT2D eigenvalue weighted by Crippen LogP contribution is -2.31. The number of nitriles is 1. The Morgan fingerprint density at radius 1 is 1.30 bits per heavy atom. The second-order valence-electron chi connectivity index (χ2n) is 4.20. The van der Waals surface area contributed by atoms with Crippen LogP contribution < -0.4 is 0 Å². The van der Waals surface area contributed by atoms with Gasteiger partial charge in [0.05, 0.1) is 11.6 Å². The average Bonchev–Trinajstić information content (AvgIpc) is 2.47. The SMILES string of the molecule is N#CCN(Cc1ccccc1)C(=O)c1cncc(Br)c1. The van der Waals surface area contributed by atoms with Crippen molar-refractivity contribution in [1.82, 2.24) is 9.88 Å². The zero-order chi connectivity index (χ0) is 14.4. The topological polar surface area (TPSA) is 57.0 Å². The van der Waals surface area contributed by atoms with Crippen molar-refractivity contribution in [2.45, 2.75) is 6.54 Å². The van der Waals surface area contributed by atoms with E-state index < -0.39 is 0 Å². The second kappa shape index (κ2) is 6.83. The molecule has 2 aromatic rings. The lowest BCUT2D eigenvalue weighted by Gasteiger charge is -2.19. The molecule has 1 aromatic heterocycles. The molecule has 1 amide bonds. The van der Waals surface area contributed by atoms with Gasteiger partial charge in [0, 0.05) is 23.4 Å². The molecule has 0 radical (unpaired) electrons. The van der Waals surface area contributed by atoms with Gasteiger partial charge in [-0.05, 0) is 27.6 Å². The Hall–Kier alpha value is -2.19. The van der Waals surface area contributed by atoms with E-state index in [0.717, 1.165) is 10.0 Å². The van der Waals surface area contributed by atoms with Gasteiger partial charge < -0.3 is 4.90 Å². The van der Waals surface area contributed by atoms with Gasteiger partial charge >= 0.3 is 0 Å². The normalized spacial score (nSPS) is 9.80. The fourth-order valence-corrected chi connectivity index (χ4v) is 2.16. The summed E-state index contributed by atoms with van der Waals surface area (Å²) in [5.41, 5.74) is 1.45. The van der Waals surface area contributed by atoms with E-state index in [2.05, 4.69) is 20.9 Å². The number of carbonyl (C=O) groups is 1. The van der Waals surface area contributed by atoms with Gasteiger partial charge in [-0.3, -0.25) is 9.78 Å². The van der Waals surface area contributed by atoms with E-state index in [1.54, 1.807) is 12.3 Å². The molecule has 0 saturated heterocycles. The van der Waals surface area contributed by atoms with Gasteiger partial charge in [-0.25, -0.2) is 0 Å². The molecule has 20 heavy (non-hydrogen) atoms. The molecule has 0 atom stereocenters. The highest BCUT2D eigenvalue weighted by Crippen LogP contribution is 2.13. The van der Waals surface area contributed by atoms with E-state index in [1.807, 2.05) is 36.4 Å². The highest BCUT2D eigenvalue weighted by molar-refractivity contribution is 9.10. The van der Waals surface area contributed by atoms with E-state index in [-0.39, 0.29) is 12.5 Å². The molecule has 2 rings (SSSR count). The summed E-state index contributed by atoms with van der Waals surface area (Å²) in [6.45, 7) is 0.444. The maximum absolute atomic E-state index is 12.4. The molecule has 0 fully saturated rings. The van der Waals surface area contributed by atoms with Crippen molar-refractivity contribution < 1.29 is 4.79 Å². The molecule has 1 heterocycles. The van der Waals surface area contributed by atoms with Crippen LogP contribution in [0.3, 0.4) is 0 Å². The lowest BCUT2D eigenvalue weighted by molar-refractivity contribution is 0.0764. The Bertz CT molecular complexity index is 637. The third-order valence-corrected chi connectivity index (χ3v) is 3.15. The molecule has 0 saturated carbocycles. The highest BCUT2D eigenvalue weighted by atomic mass is 79.9. The molecule has 0 N–H and O–H groups in total. The van der Waals surface area contributed by atoms with E-state index in [9.17, 15) is 4.79 Å². The average molecular weight is 330 g/mol. The number of pyridine rings is 1. The number of amides is 1. The largest absolute Gasteiger partial charge is 0.321 e. The number of halogens is 1. The summed E-state index contributed by atoms with van der Waals surface area (Å²) in [6.07, 6.45) is 3.12. The summed E-state index contributed by atoms with van der Waals surface area (Å²) in [7, 11) is 0. The first-order chi connectivity index (χ1) is 9.70. The Labute approximate surface area is 125 Å². The van der Waals surface area contributed by atoms with E-state index in [0.29, 0.717) is 12.1 Å². The first kappa shape index (κ1) is 14.2. The van der Waals surface area contributed by atoms with E-state index >= 15 is 0 Å². The van der Waals surface area contributed by atoms with Crippen LogP contribution >= 0.6 is 15.9 Å². The maximum Gasteiger partial charge on any atom is 0.256 e.